The molecule has 0 bridgehead atoms. The molecule has 0 aliphatic heterocycles. The van der Waals surface area contributed by atoms with Crippen LogP contribution < -0.4 is 0 Å². The Morgan fingerprint density at radius 1 is 1.05 bits per heavy atom. The Labute approximate surface area is 128 Å². The Morgan fingerprint density at radius 3 is 2.60 bits per heavy atom. The highest BCUT2D eigenvalue weighted by Crippen LogP contribution is 2.22. The molecule has 0 radical (unpaired) electrons. The van der Waals surface area contributed by atoms with E-state index in [1.165, 1.54) is 5.56 Å². The number of benzene rings is 2. The largest absolute Gasteiger partial charge is 0.323 e. The van der Waals surface area contributed by atoms with E-state index in [1.807, 2.05) is 36.4 Å². The normalized spacial score (nSPS) is 11.1. The molecule has 0 unspecified atom stereocenters. The Morgan fingerprint density at radius 2 is 1.85 bits per heavy atom. The monoisotopic (exact) mass is 304 g/mol. The van der Waals surface area contributed by atoms with Gasteiger partial charge in [-0.25, -0.2) is 4.98 Å². The van der Waals surface area contributed by atoms with E-state index in [4.69, 9.17) is 23.2 Å². The smallest absolute Gasteiger partial charge is 0.111 e. The van der Waals surface area contributed by atoms with E-state index >= 15 is 0 Å². The minimum Gasteiger partial charge on any atom is -0.323 e. The molecule has 0 saturated carbocycles. The lowest BCUT2D eigenvalue weighted by Crippen LogP contribution is -2.05. The average Bonchev–Trinajstić information content (AvgIpc) is 2.78. The number of imidazole rings is 1. The molecule has 0 N–H and O–H groups in total. The van der Waals surface area contributed by atoms with Crippen LogP contribution in [0.15, 0.2) is 48.5 Å². The molecular weight excluding hydrogens is 291 g/mol. The van der Waals surface area contributed by atoms with Crippen molar-refractivity contribution in [3.05, 3.63) is 64.9 Å². The van der Waals surface area contributed by atoms with Gasteiger partial charge in [-0.2, -0.15) is 0 Å². The molecule has 2 aromatic carbocycles. The Kier molecular flexibility index (Phi) is 3.95. The summed E-state index contributed by atoms with van der Waals surface area (Å²) in [5.41, 5.74) is 3.26. The predicted molar refractivity (Wildman–Crippen MR) is 84.7 cm³/mol. The highest BCUT2D eigenvalue weighted by Gasteiger charge is 2.11. The number of alkyl halides is 1. The van der Waals surface area contributed by atoms with Gasteiger partial charge in [-0.1, -0.05) is 41.9 Å². The highest BCUT2D eigenvalue weighted by molar-refractivity contribution is 6.31. The van der Waals surface area contributed by atoms with Crippen LogP contribution in [-0.2, 0) is 13.0 Å². The number of hydrogen-bond acceptors (Lipinski definition) is 1. The zero-order valence-corrected chi connectivity index (χ0v) is 12.4. The van der Waals surface area contributed by atoms with Crippen molar-refractivity contribution in [2.75, 3.05) is 5.88 Å². The third kappa shape index (κ3) is 2.67. The van der Waals surface area contributed by atoms with E-state index in [-0.39, 0.29) is 0 Å². The van der Waals surface area contributed by atoms with Crippen molar-refractivity contribution in [2.45, 2.75) is 13.0 Å². The summed E-state index contributed by atoms with van der Waals surface area (Å²) in [6, 6.07) is 16.1. The van der Waals surface area contributed by atoms with Gasteiger partial charge >= 0.3 is 0 Å². The number of aromatic nitrogens is 2. The molecule has 0 atom stereocenters. The van der Waals surface area contributed by atoms with Crippen molar-refractivity contribution in [3.63, 3.8) is 0 Å². The van der Waals surface area contributed by atoms with Crippen molar-refractivity contribution in [3.8, 4) is 0 Å². The summed E-state index contributed by atoms with van der Waals surface area (Å²) in [7, 11) is 0. The molecule has 0 aliphatic rings. The van der Waals surface area contributed by atoms with E-state index in [9.17, 15) is 0 Å². The fraction of sp³-hybridized carbons (Fsp3) is 0.188. The molecule has 0 amide bonds. The van der Waals surface area contributed by atoms with Crippen LogP contribution in [0.2, 0.25) is 5.02 Å². The Hall–Kier alpha value is -1.51. The van der Waals surface area contributed by atoms with Gasteiger partial charge in [0.15, 0.2) is 0 Å². The molecule has 0 saturated heterocycles. The first kappa shape index (κ1) is 13.5. The number of halogens is 2. The van der Waals surface area contributed by atoms with E-state index < -0.39 is 0 Å². The number of fused-ring (bicyclic) bond motifs is 1. The molecule has 20 heavy (non-hydrogen) atoms. The van der Waals surface area contributed by atoms with Gasteiger partial charge < -0.3 is 4.57 Å². The molecule has 0 aliphatic carbocycles. The van der Waals surface area contributed by atoms with E-state index in [0.29, 0.717) is 5.88 Å². The van der Waals surface area contributed by atoms with Crippen LogP contribution in [0.4, 0.5) is 0 Å². The highest BCUT2D eigenvalue weighted by atomic mass is 35.5. The third-order valence-electron chi connectivity index (χ3n) is 3.29. The van der Waals surface area contributed by atoms with E-state index in [0.717, 1.165) is 34.8 Å². The zero-order valence-electron chi connectivity index (χ0n) is 10.9. The number of aryl methyl sites for hydroxylation is 1. The lowest BCUT2D eigenvalue weighted by Gasteiger charge is -2.08. The van der Waals surface area contributed by atoms with Crippen molar-refractivity contribution in [1.82, 2.24) is 9.55 Å². The summed E-state index contributed by atoms with van der Waals surface area (Å²) in [6.07, 6.45) is 0.751. The lowest BCUT2D eigenvalue weighted by molar-refractivity contribution is 0.754. The van der Waals surface area contributed by atoms with Crippen LogP contribution >= 0.6 is 23.2 Å². The van der Waals surface area contributed by atoms with Gasteiger partial charge in [-0.15, -0.1) is 11.6 Å². The van der Waals surface area contributed by atoms with Gasteiger partial charge in [0.1, 0.15) is 5.82 Å². The summed E-state index contributed by atoms with van der Waals surface area (Å²) in [4.78, 5) is 4.66. The van der Waals surface area contributed by atoms with Crippen molar-refractivity contribution in [1.29, 1.82) is 0 Å². The van der Waals surface area contributed by atoms with Crippen molar-refractivity contribution < 1.29 is 0 Å². The Bertz CT molecular complexity index is 720. The summed E-state index contributed by atoms with van der Waals surface area (Å²) in [5.74, 6) is 1.56. The Balaban J connectivity index is 2.10. The molecule has 3 aromatic rings. The van der Waals surface area contributed by atoms with Crippen LogP contribution in [0.3, 0.4) is 0 Å². The average molecular weight is 305 g/mol. The first-order chi connectivity index (χ1) is 9.78. The predicted octanol–water partition coefficient (Wildman–Crippen LogP) is 4.52. The standard InChI is InChI=1S/C16H14Cl2N2/c17-9-8-16-19-14-7-6-13(18)10-15(14)20(16)11-12-4-2-1-3-5-12/h1-7,10H,8-9,11H2. The molecule has 0 spiro atoms. The first-order valence-electron chi connectivity index (χ1n) is 6.52. The SMILES string of the molecule is ClCCc1nc2ccc(Cl)cc2n1Cc1ccccc1. The molecule has 102 valence electrons. The lowest BCUT2D eigenvalue weighted by atomic mass is 10.2. The van der Waals surface area contributed by atoms with Crippen molar-refractivity contribution >= 4 is 34.2 Å². The maximum atomic E-state index is 6.11. The quantitative estimate of drug-likeness (QED) is 0.648. The number of rotatable bonds is 4. The fourth-order valence-corrected chi connectivity index (χ4v) is 2.70. The minimum absolute atomic E-state index is 0.561. The maximum absolute atomic E-state index is 6.11. The number of hydrogen-bond donors (Lipinski definition) is 0. The van der Waals surface area contributed by atoms with Crippen molar-refractivity contribution in [2.24, 2.45) is 0 Å². The topological polar surface area (TPSA) is 17.8 Å². The molecule has 4 heteroatoms. The van der Waals surface area contributed by atoms with Crippen LogP contribution in [-0.4, -0.2) is 15.4 Å². The molecule has 3 rings (SSSR count). The molecular formula is C16H14Cl2N2. The van der Waals surface area contributed by atoms with Gasteiger partial charge in [0.25, 0.3) is 0 Å². The molecule has 1 heterocycles. The summed E-state index contributed by atoms with van der Waals surface area (Å²) in [6.45, 7) is 0.782. The zero-order chi connectivity index (χ0) is 13.9. The van der Waals surface area contributed by atoms with E-state index in [1.54, 1.807) is 0 Å². The molecule has 0 fully saturated rings. The third-order valence-corrected chi connectivity index (χ3v) is 3.72. The van der Waals surface area contributed by atoms with Gasteiger partial charge in [0, 0.05) is 23.9 Å². The molecule has 2 nitrogen and oxygen atoms in total. The van der Waals surface area contributed by atoms with Crippen LogP contribution in [0, 0.1) is 0 Å². The molecule has 1 aromatic heterocycles. The van der Waals surface area contributed by atoms with Crippen LogP contribution in [0.5, 0.6) is 0 Å². The summed E-state index contributed by atoms with van der Waals surface area (Å²) >= 11 is 12.0. The van der Waals surface area contributed by atoms with Gasteiger partial charge in [-0.3, -0.25) is 0 Å². The number of nitrogens with zero attached hydrogens (tertiary/aromatic N) is 2. The first-order valence-corrected chi connectivity index (χ1v) is 7.44. The van der Waals surface area contributed by atoms with Gasteiger partial charge in [0.05, 0.1) is 11.0 Å². The van der Waals surface area contributed by atoms with Crippen LogP contribution in [0.25, 0.3) is 11.0 Å². The van der Waals surface area contributed by atoms with Crippen LogP contribution in [0.1, 0.15) is 11.4 Å². The second-order valence-corrected chi connectivity index (χ2v) is 5.49. The second kappa shape index (κ2) is 5.86. The summed E-state index contributed by atoms with van der Waals surface area (Å²) in [5, 5.41) is 0.726. The second-order valence-electron chi connectivity index (χ2n) is 4.67. The van der Waals surface area contributed by atoms with E-state index in [2.05, 4.69) is 21.7 Å². The van der Waals surface area contributed by atoms with Gasteiger partial charge in [0.2, 0.25) is 0 Å². The minimum atomic E-state index is 0.561. The maximum Gasteiger partial charge on any atom is 0.111 e. The fourth-order valence-electron chi connectivity index (χ4n) is 2.36. The summed E-state index contributed by atoms with van der Waals surface area (Å²) < 4.78 is 2.19. The van der Waals surface area contributed by atoms with Gasteiger partial charge in [-0.05, 0) is 23.8 Å².